The molecule has 1 aromatic heterocycles. The van der Waals surface area contributed by atoms with E-state index in [2.05, 4.69) is 29.0 Å². The summed E-state index contributed by atoms with van der Waals surface area (Å²) in [6.45, 7) is 7.98. The van der Waals surface area contributed by atoms with Crippen molar-refractivity contribution in [3.05, 3.63) is 86.6 Å². The summed E-state index contributed by atoms with van der Waals surface area (Å²) in [6, 6.07) is 14.3. The van der Waals surface area contributed by atoms with Crippen LogP contribution in [0.4, 0.5) is 4.39 Å². The summed E-state index contributed by atoms with van der Waals surface area (Å²) >= 11 is 7.62. The summed E-state index contributed by atoms with van der Waals surface area (Å²) < 4.78 is 13.3. The van der Waals surface area contributed by atoms with Gasteiger partial charge in [-0.2, -0.15) is 0 Å². The topological polar surface area (TPSA) is 45.2 Å². The molecule has 1 atom stereocenters. The number of rotatable bonds is 9. The van der Waals surface area contributed by atoms with Crippen LogP contribution < -0.4 is 5.32 Å². The Morgan fingerprint density at radius 1 is 1.10 bits per heavy atom. The maximum absolute atomic E-state index is 13.3. The molecule has 0 aliphatic heterocycles. The summed E-state index contributed by atoms with van der Waals surface area (Å²) in [5, 5.41) is 6.33. The molecular weight excluding hydrogens is 433 g/mol. The second kappa shape index (κ2) is 10.8. The molecule has 3 rings (SSSR count). The number of nitrogens with one attached hydrogen (secondary N) is 1. The summed E-state index contributed by atoms with van der Waals surface area (Å²) in [7, 11) is 0. The Hall–Kier alpha value is -2.28. The van der Waals surface area contributed by atoms with Crippen LogP contribution in [0.1, 0.15) is 47.4 Å². The van der Waals surface area contributed by atoms with Gasteiger partial charge in [0.15, 0.2) is 0 Å². The number of amides is 1. The van der Waals surface area contributed by atoms with Crippen LogP contribution in [-0.2, 0) is 19.6 Å². The van der Waals surface area contributed by atoms with Gasteiger partial charge in [0, 0.05) is 29.5 Å². The molecule has 7 heteroatoms. The average molecular weight is 460 g/mol. The predicted octanol–water partition coefficient (Wildman–Crippen LogP) is 5.91. The largest absolute Gasteiger partial charge is 0.348 e. The molecule has 1 amide bonds. The monoisotopic (exact) mass is 459 g/mol. The molecule has 0 saturated carbocycles. The molecule has 31 heavy (non-hydrogen) atoms. The van der Waals surface area contributed by atoms with E-state index in [4.69, 9.17) is 11.6 Å². The van der Waals surface area contributed by atoms with Gasteiger partial charge in [-0.3, -0.25) is 9.69 Å². The van der Waals surface area contributed by atoms with Crippen LogP contribution in [0.15, 0.2) is 53.9 Å². The van der Waals surface area contributed by atoms with Crippen molar-refractivity contribution in [1.29, 1.82) is 0 Å². The first-order valence-corrected chi connectivity index (χ1v) is 11.5. The van der Waals surface area contributed by atoms with Gasteiger partial charge in [-0.25, -0.2) is 9.37 Å². The van der Waals surface area contributed by atoms with E-state index in [9.17, 15) is 9.18 Å². The van der Waals surface area contributed by atoms with Crippen LogP contribution in [-0.4, -0.2) is 21.8 Å². The van der Waals surface area contributed by atoms with Gasteiger partial charge < -0.3 is 5.32 Å². The number of carbonyl (C=O) groups excluding carboxylic acids is 1. The molecule has 0 spiro atoms. The van der Waals surface area contributed by atoms with E-state index < -0.39 is 0 Å². The lowest BCUT2D eigenvalue weighted by Gasteiger charge is -2.22. The molecule has 0 aliphatic rings. The number of hydrogen-bond donors (Lipinski definition) is 1. The number of halogens is 2. The fourth-order valence-corrected chi connectivity index (χ4v) is 4.06. The number of benzene rings is 2. The van der Waals surface area contributed by atoms with Gasteiger partial charge in [-0.1, -0.05) is 49.7 Å². The van der Waals surface area contributed by atoms with E-state index in [1.165, 1.54) is 23.5 Å². The van der Waals surface area contributed by atoms with E-state index in [-0.39, 0.29) is 17.8 Å². The van der Waals surface area contributed by atoms with Crippen LogP contribution in [0.25, 0.3) is 0 Å². The summed E-state index contributed by atoms with van der Waals surface area (Å²) in [5.74, 6) is -0.0501. The molecule has 1 N–H and O–H groups in total. The third kappa shape index (κ3) is 7.13. The fraction of sp³-hybridized carbons (Fsp3) is 0.333. The van der Waals surface area contributed by atoms with Gasteiger partial charge in [0.2, 0.25) is 0 Å². The molecule has 1 heterocycles. The minimum Gasteiger partial charge on any atom is -0.348 e. The van der Waals surface area contributed by atoms with Crippen LogP contribution in [0.2, 0.25) is 5.02 Å². The average Bonchev–Trinajstić information content (AvgIpc) is 3.18. The normalized spacial score (nSPS) is 12.4. The fourth-order valence-electron chi connectivity index (χ4n) is 3.04. The molecule has 0 radical (unpaired) electrons. The Morgan fingerprint density at radius 2 is 1.81 bits per heavy atom. The highest BCUT2D eigenvalue weighted by Crippen LogP contribution is 2.19. The quantitative estimate of drug-likeness (QED) is 0.432. The van der Waals surface area contributed by atoms with E-state index >= 15 is 0 Å². The number of carbonyl (C=O) groups is 1. The summed E-state index contributed by atoms with van der Waals surface area (Å²) in [6.07, 6.45) is 0. The van der Waals surface area contributed by atoms with E-state index in [0.717, 1.165) is 16.1 Å². The lowest BCUT2D eigenvalue weighted by atomic mass is 10.1. The molecule has 164 valence electrons. The SMILES string of the molecule is CC(C)C(C)NC(=O)c1csc(CN(Cc2ccc(F)cc2)Cc2cccc(Cl)c2)n1. The Balaban J connectivity index is 1.74. The van der Waals surface area contributed by atoms with Crippen molar-refractivity contribution in [2.45, 2.75) is 46.4 Å². The van der Waals surface area contributed by atoms with Crippen LogP contribution in [0.5, 0.6) is 0 Å². The minimum atomic E-state index is -0.253. The molecular formula is C24H27ClFN3OS. The number of aromatic nitrogens is 1. The highest BCUT2D eigenvalue weighted by Gasteiger charge is 2.17. The Labute approximate surface area is 192 Å². The van der Waals surface area contributed by atoms with Gasteiger partial charge in [0.05, 0.1) is 6.54 Å². The molecule has 3 aromatic rings. The van der Waals surface area contributed by atoms with Crippen LogP contribution in [0.3, 0.4) is 0 Å². The molecule has 0 bridgehead atoms. The van der Waals surface area contributed by atoms with Crippen molar-refractivity contribution in [3.63, 3.8) is 0 Å². The van der Waals surface area contributed by atoms with Crippen LogP contribution in [0, 0.1) is 11.7 Å². The Morgan fingerprint density at radius 3 is 2.48 bits per heavy atom. The first-order chi connectivity index (χ1) is 14.8. The molecule has 2 aromatic carbocycles. The van der Waals surface area contributed by atoms with Gasteiger partial charge in [0.25, 0.3) is 5.91 Å². The predicted molar refractivity (Wildman–Crippen MR) is 125 cm³/mol. The molecule has 0 fully saturated rings. The van der Waals surface area contributed by atoms with Gasteiger partial charge in [-0.05, 0) is 48.2 Å². The zero-order valence-electron chi connectivity index (χ0n) is 17.9. The standard InChI is InChI=1S/C24H27ClFN3OS/c1-16(2)17(3)27-24(30)22-15-31-23(28-22)14-29(12-18-7-9-21(26)10-8-18)13-19-5-4-6-20(25)11-19/h4-11,15-17H,12-14H2,1-3H3,(H,27,30). The Kier molecular flexibility index (Phi) is 8.18. The molecule has 4 nitrogen and oxygen atoms in total. The second-order valence-corrected chi connectivity index (χ2v) is 9.41. The van der Waals surface area contributed by atoms with Crippen molar-refractivity contribution >= 4 is 28.8 Å². The summed E-state index contributed by atoms with van der Waals surface area (Å²) in [4.78, 5) is 19.2. The van der Waals surface area contributed by atoms with E-state index in [0.29, 0.717) is 36.3 Å². The number of nitrogens with zero attached hydrogens (tertiary/aromatic N) is 2. The van der Waals surface area contributed by atoms with E-state index in [1.54, 1.807) is 17.5 Å². The van der Waals surface area contributed by atoms with Gasteiger partial charge in [0.1, 0.15) is 16.5 Å². The zero-order chi connectivity index (χ0) is 22.4. The third-order valence-corrected chi connectivity index (χ3v) is 6.19. The molecule has 0 saturated heterocycles. The minimum absolute atomic E-state index is 0.0791. The first-order valence-electron chi connectivity index (χ1n) is 10.3. The zero-order valence-corrected chi connectivity index (χ0v) is 19.5. The molecule has 0 aliphatic carbocycles. The lowest BCUT2D eigenvalue weighted by molar-refractivity contribution is 0.0925. The maximum atomic E-state index is 13.3. The first kappa shape index (κ1) is 23.4. The number of hydrogen-bond acceptors (Lipinski definition) is 4. The summed E-state index contributed by atoms with van der Waals surface area (Å²) in [5.41, 5.74) is 2.52. The lowest BCUT2D eigenvalue weighted by Crippen LogP contribution is -2.36. The van der Waals surface area contributed by atoms with Gasteiger partial charge >= 0.3 is 0 Å². The smallest absolute Gasteiger partial charge is 0.270 e. The van der Waals surface area contributed by atoms with Crippen LogP contribution >= 0.6 is 22.9 Å². The number of thiazole rings is 1. The third-order valence-electron chi connectivity index (χ3n) is 5.12. The highest BCUT2D eigenvalue weighted by atomic mass is 35.5. The molecule has 1 unspecified atom stereocenters. The van der Waals surface area contributed by atoms with Gasteiger partial charge in [-0.15, -0.1) is 11.3 Å². The second-order valence-electron chi connectivity index (χ2n) is 8.03. The van der Waals surface area contributed by atoms with Crippen molar-refractivity contribution < 1.29 is 9.18 Å². The maximum Gasteiger partial charge on any atom is 0.270 e. The highest BCUT2D eigenvalue weighted by molar-refractivity contribution is 7.09. The van der Waals surface area contributed by atoms with Crippen molar-refractivity contribution in [2.75, 3.05) is 0 Å². The van der Waals surface area contributed by atoms with Crippen molar-refractivity contribution in [2.24, 2.45) is 5.92 Å². The Bertz CT molecular complexity index is 1010. The van der Waals surface area contributed by atoms with Crippen molar-refractivity contribution in [1.82, 2.24) is 15.2 Å². The van der Waals surface area contributed by atoms with Crippen molar-refractivity contribution in [3.8, 4) is 0 Å². The van der Waals surface area contributed by atoms with E-state index in [1.807, 2.05) is 31.2 Å².